The van der Waals surface area contributed by atoms with Crippen molar-refractivity contribution in [2.24, 2.45) is 0 Å². The molecule has 1 heterocycles. The van der Waals surface area contributed by atoms with Crippen LogP contribution in [0.1, 0.15) is 63.2 Å². The molecule has 0 aliphatic carbocycles. The number of methoxy groups -OCH3 is 1. The maximum absolute atomic E-state index is 5.28. The first-order chi connectivity index (χ1) is 9.14. The van der Waals surface area contributed by atoms with Crippen LogP contribution >= 0.6 is 0 Å². The van der Waals surface area contributed by atoms with Gasteiger partial charge in [0.05, 0.1) is 18.3 Å². The molecule has 19 heavy (non-hydrogen) atoms. The van der Waals surface area contributed by atoms with Crippen molar-refractivity contribution >= 4 is 0 Å². The fourth-order valence-electron chi connectivity index (χ4n) is 2.78. The minimum Gasteiger partial charge on any atom is -0.382 e. The number of aryl methyl sites for hydroxylation is 1. The fourth-order valence-corrected chi connectivity index (χ4v) is 2.78. The van der Waals surface area contributed by atoms with Gasteiger partial charge in [0, 0.05) is 24.4 Å². The van der Waals surface area contributed by atoms with Gasteiger partial charge in [-0.05, 0) is 33.2 Å². The lowest BCUT2D eigenvalue weighted by atomic mass is 9.99. The van der Waals surface area contributed by atoms with Crippen LogP contribution in [0.5, 0.6) is 0 Å². The predicted octanol–water partition coefficient (Wildman–Crippen LogP) is 2.89. The Bertz CT molecular complexity index is 383. The number of ether oxygens (including phenoxy) is 1. The van der Waals surface area contributed by atoms with E-state index in [0.717, 1.165) is 19.3 Å². The van der Waals surface area contributed by atoms with Crippen molar-refractivity contribution in [1.82, 2.24) is 15.1 Å². The van der Waals surface area contributed by atoms with E-state index >= 15 is 0 Å². The highest BCUT2D eigenvalue weighted by molar-refractivity contribution is 5.30. The van der Waals surface area contributed by atoms with E-state index in [1.807, 2.05) is 7.05 Å². The number of nitrogens with one attached hydrogen (secondary N) is 1. The highest BCUT2D eigenvalue weighted by atomic mass is 16.5. The molecule has 110 valence electrons. The van der Waals surface area contributed by atoms with E-state index in [9.17, 15) is 0 Å². The quantitative estimate of drug-likeness (QED) is 0.787. The van der Waals surface area contributed by atoms with E-state index in [2.05, 4.69) is 37.7 Å². The van der Waals surface area contributed by atoms with Gasteiger partial charge in [-0.3, -0.25) is 4.68 Å². The maximum atomic E-state index is 5.28. The summed E-state index contributed by atoms with van der Waals surface area (Å²) in [4.78, 5) is 0. The first kappa shape index (κ1) is 16.2. The van der Waals surface area contributed by atoms with Gasteiger partial charge in [0.25, 0.3) is 0 Å². The van der Waals surface area contributed by atoms with Crippen molar-refractivity contribution in [3.05, 3.63) is 17.0 Å². The van der Waals surface area contributed by atoms with Gasteiger partial charge in [0.2, 0.25) is 0 Å². The van der Waals surface area contributed by atoms with Crippen LogP contribution in [0.25, 0.3) is 0 Å². The van der Waals surface area contributed by atoms with Gasteiger partial charge in [-0.2, -0.15) is 5.10 Å². The topological polar surface area (TPSA) is 39.1 Å². The van der Waals surface area contributed by atoms with E-state index in [1.165, 1.54) is 17.0 Å². The summed E-state index contributed by atoms with van der Waals surface area (Å²) in [6.45, 7) is 9.47. The molecule has 0 spiro atoms. The molecule has 1 aromatic heterocycles. The summed E-state index contributed by atoms with van der Waals surface area (Å²) in [6, 6.07) is 0.682. The molecule has 1 aromatic rings. The van der Waals surface area contributed by atoms with Crippen molar-refractivity contribution in [1.29, 1.82) is 0 Å². The van der Waals surface area contributed by atoms with E-state index < -0.39 is 0 Å². The molecule has 1 N–H and O–H groups in total. The maximum Gasteiger partial charge on any atom is 0.0727 e. The van der Waals surface area contributed by atoms with Crippen molar-refractivity contribution < 1.29 is 4.74 Å². The van der Waals surface area contributed by atoms with Crippen LogP contribution in [0.15, 0.2) is 0 Å². The molecule has 0 saturated heterocycles. The third-order valence-corrected chi connectivity index (χ3v) is 3.73. The monoisotopic (exact) mass is 267 g/mol. The van der Waals surface area contributed by atoms with Crippen LogP contribution in [0.4, 0.5) is 0 Å². The van der Waals surface area contributed by atoms with Crippen LogP contribution in [0.3, 0.4) is 0 Å². The van der Waals surface area contributed by atoms with E-state index in [0.29, 0.717) is 12.6 Å². The first-order valence-electron chi connectivity index (χ1n) is 7.40. The molecule has 1 rings (SSSR count). The molecule has 4 nitrogen and oxygen atoms in total. The normalized spacial score (nSPS) is 14.6. The average Bonchev–Trinajstić information content (AvgIpc) is 2.79. The largest absolute Gasteiger partial charge is 0.382 e. The third-order valence-electron chi connectivity index (χ3n) is 3.73. The Morgan fingerprint density at radius 1 is 1.26 bits per heavy atom. The zero-order valence-corrected chi connectivity index (χ0v) is 13.3. The van der Waals surface area contributed by atoms with E-state index in [1.54, 1.807) is 7.11 Å². The number of rotatable bonds is 8. The van der Waals surface area contributed by atoms with Crippen molar-refractivity contribution in [2.45, 2.75) is 59.0 Å². The Kier molecular flexibility index (Phi) is 6.52. The van der Waals surface area contributed by atoms with Gasteiger partial charge < -0.3 is 10.1 Å². The van der Waals surface area contributed by atoms with Crippen LogP contribution in [-0.2, 0) is 17.6 Å². The lowest BCUT2D eigenvalue weighted by molar-refractivity contribution is 0.155. The molecule has 0 bridgehead atoms. The number of nitrogens with zero attached hydrogens (tertiary/aromatic N) is 2. The van der Waals surface area contributed by atoms with Crippen molar-refractivity contribution in [3.63, 3.8) is 0 Å². The Morgan fingerprint density at radius 2 is 1.95 bits per heavy atom. The molecule has 0 fully saturated rings. The van der Waals surface area contributed by atoms with Crippen LogP contribution in [0.2, 0.25) is 0 Å². The van der Waals surface area contributed by atoms with Gasteiger partial charge in [-0.1, -0.05) is 20.8 Å². The highest BCUT2D eigenvalue weighted by Gasteiger charge is 2.23. The smallest absolute Gasteiger partial charge is 0.0727 e. The predicted molar refractivity (Wildman–Crippen MR) is 79.7 cm³/mol. The molecule has 0 aliphatic rings. The molecule has 0 aromatic carbocycles. The van der Waals surface area contributed by atoms with Crippen molar-refractivity contribution in [2.75, 3.05) is 20.8 Å². The van der Waals surface area contributed by atoms with Crippen LogP contribution in [0, 0.1) is 0 Å². The highest BCUT2D eigenvalue weighted by Crippen LogP contribution is 2.27. The number of hydrogen-bond donors (Lipinski definition) is 1. The summed E-state index contributed by atoms with van der Waals surface area (Å²) in [5.74, 6) is 0. The molecule has 2 unspecified atom stereocenters. The molecule has 0 amide bonds. The summed E-state index contributed by atoms with van der Waals surface area (Å²) >= 11 is 0. The Balaban J connectivity index is 3.27. The number of aromatic nitrogens is 2. The second kappa shape index (κ2) is 7.65. The van der Waals surface area contributed by atoms with Crippen molar-refractivity contribution in [3.8, 4) is 0 Å². The zero-order valence-electron chi connectivity index (χ0n) is 13.3. The Hall–Kier alpha value is -0.870. The van der Waals surface area contributed by atoms with Crippen LogP contribution < -0.4 is 5.32 Å². The number of hydrogen-bond acceptors (Lipinski definition) is 3. The summed E-state index contributed by atoms with van der Waals surface area (Å²) in [5.41, 5.74) is 3.97. The van der Waals surface area contributed by atoms with Gasteiger partial charge in [-0.25, -0.2) is 0 Å². The average molecular weight is 267 g/mol. The molecule has 0 saturated carbocycles. The van der Waals surface area contributed by atoms with Gasteiger partial charge >= 0.3 is 0 Å². The minimum atomic E-state index is 0.286. The Labute approximate surface area is 117 Å². The van der Waals surface area contributed by atoms with Gasteiger partial charge in [0.1, 0.15) is 0 Å². The summed E-state index contributed by atoms with van der Waals surface area (Å²) in [6.07, 6.45) is 3.07. The summed E-state index contributed by atoms with van der Waals surface area (Å²) in [5, 5.41) is 8.25. The second-order valence-electron chi connectivity index (χ2n) is 5.01. The zero-order chi connectivity index (χ0) is 14.4. The second-order valence-corrected chi connectivity index (χ2v) is 5.01. The first-order valence-corrected chi connectivity index (χ1v) is 7.40. The van der Waals surface area contributed by atoms with E-state index in [4.69, 9.17) is 9.84 Å². The lowest BCUT2D eigenvalue weighted by Crippen LogP contribution is -2.19. The standard InChI is InChI=1S/C15H29N3O/c1-7-12(16-5)15-13(8-2)17-18(14(15)9-3)11(4)10-19-6/h11-12,16H,7-10H2,1-6H3. The lowest BCUT2D eigenvalue weighted by Gasteiger charge is -2.18. The molecular formula is C15H29N3O. The van der Waals surface area contributed by atoms with Gasteiger partial charge in [-0.15, -0.1) is 0 Å². The summed E-state index contributed by atoms with van der Waals surface area (Å²) < 4.78 is 7.44. The minimum absolute atomic E-state index is 0.286. The summed E-state index contributed by atoms with van der Waals surface area (Å²) in [7, 11) is 3.78. The molecule has 0 radical (unpaired) electrons. The van der Waals surface area contributed by atoms with E-state index in [-0.39, 0.29) is 6.04 Å². The fraction of sp³-hybridized carbons (Fsp3) is 0.800. The SMILES string of the molecule is CCc1nn(C(C)COC)c(CC)c1C(CC)NC. The molecule has 0 aliphatic heterocycles. The molecular weight excluding hydrogens is 238 g/mol. The third kappa shape index (κ3) is 3.37. The van der Waals surface area contributed by atoms with Gasteiger partial charge in [0.15, 0.2) is 0 Å². The Morgan fingerprint density at radius 3 is 2.37 bits per heavy atom. The molecule has 4 heteroatoms. The molecule has 2 atom stereocenters. The van der Waals surface area contributed by atoms with Crippen LogP contribution in [-0.4, -0.2) is 30.5 Å².